The second-order valence-corrected chi connectivity index (χ2v) is 9.11. The van der Waals surface area contributed by atoms with Crippen LogP contribution in [0, 0.1) is 5.82 Å². The fourth-order valence-electron chi connectivity index (χ4n) is 2.42. The molecule has 2 rings (SSSR count). The SMILES string of the molecule is NCCN([C@H]1CS(=O)(=O)C[C@H]1O)S(=O)(=O)c1ccc(F)cc1. The van der Waals surface area contributed by atoms with E-state index < -0.39 is 49.3 Å². The summed E-state index contributed by atoms with van der Waals surface area (Å²) in [6, 6.07) is 3.07. The lowest BCUT2D eigenvalue weighted by atomic mass is 10.2. The second-order valence-electron chi connectivity index (χ2n) is 5.07. The number of aliphatic hydroxyl groups is 1. The van der Waals surface area contributed by atoms with Gasteiger partial charge in [-0.05, 0) is 24.3 Å². The van der Waals surface area contributed by atoms with Crippen molar-refractivity contribution < 1.29 is 26.3 Å². The van der Waals surface area contributed by atoms with Crippen molar-refractivity contribution in [3.05, 3.63) is 30.1 Å². The molecular weight excluding hydrogens is 335 g/mol. The fourth-order valence-corrected chi connectivity index (χ4v) is 5.98. The number of hydrogen-bond acceptors (Lipinski definition) is 6. The van der Waals surface area contributed by atoms with Crippen molar-refractivity contribution in [2.75, 3.05) is 24.6 Å². The maximum atomic E-state index is 12.9. The predicted molar refractivity (Wildman–Crippen MR) is 77.8 cm³/mol. The average molecular weight is 352 g/mol. The first-order valence-corrected chi connectivity index (χ1v) is 9.79. The second kappa shape index (κ2) is 6.20. The first-order valence-electron chi connectivity index (χ1n) is 6.53. The summed E-state index contributed by atoms with van der Waals surface area (Å²) in [6.07, 6.45) is -1.31. The molecule has 2 atom stereocenters. The number of nitrogens with two attached hydrogens (primary N) is 1. The Balaban J connectivity index is 2.41. The molecule has 0 aliphatic carbocycles. The van der Waals surface area contributed by atoms with Crippen LogP contribution in [-0.2, 0) is 19.9 Å². The van der Waals surface area contributed by atoms with Gasteiger partial charge in [-0.3, -0.25) is 0 Å². The number of hydrogen-bond donors (Lipinski definition) is 2. The van der Waals surface area contributed by atoms with Crippen LogP contribution in [0.3, 0.4) is 0 Å². The van der Waals surface area contributed by atoms with Gasteiger partial charge in [0.05, 0.1) is 28.5 Å². The summed E-state index contributed by atoms with van der Waals surface area (Å²) in [5, 5.41) is 9.89. The summed E-state index contributed by atoms with van der Waals surface area (Å²) in [4.78, 5) is -0.182. The Morgan fingerprint density at radius 3 is 2.32 bits per heavy atom. The zero-order valence-electron chi connectivity index (χ0n) is 11.6. The van der Waals surface area contributed by atoms with Crippen molar-refractivity contribution in [1.29, 1.82) is 0 Å². The van der Waals surface area contributed by atoms with Gasteiger partial charge in [0.2, 0.25) is 10.0 Å². The maximum Gasteiger partial charge on any atom is 0.243 e. The van der Waals surface area contributed by atoms with Crippen LogP contribution in [0.4, 0.5) is 4.39 Å². The summed E-state index contributed by atoms with van der Waals surface area (Å²) in [5.41, 5.74) is 5.41. The Bertz CT molecular complexity index is 733. The molecule has 1 aliphatic heterocycles. The molecule has 7 nitrogen and oxygen atoms in total. The van der Waals surface area contributed by atoms with Gasteiger partial charge in [0.15, 0.2) is 9.84 Å². The molecule has 1 fully saturated rings. The van der Waals surface area contributed by atoms with Gasteiger partial charge < -0.3 is 10.8 Å². The highest BCUT2D eigenvalue weighted by atomic mass is 32.2. The summed E-state index contributed by atoms with van der Waals surface area (Å²) in [7, 11) is -7.60. The zero-order valence-corrected chi connectivity index (χ0v) is 13.2. The van der Waals surface area contributed by atoms with E-state index in [-0.39, 0.29) is 18.0 Å². The molecule has 3 N–H and O–H groups in total. The molecule has 0 radical (unpaired) electrons. The van der Waals surface area contributed by atoms with Gasteiger partial charge in [0, 0.05) is 13.1 Å². The molecule has 0 aromatic heterocycles. The van der Waals surface area contributed by atoms with Crippen LogP contribution in [0.1, 0.15) is 0 Å². The van der Waals surface area contributed by atoms with Crippen LogP contribution >= 0.6 is 0 Å². The largest absolute Gasteiger partial charge is 0.390 e. The number of halogens is 1. The van der Waals surface area contributed by atoms with Gasteiger partial charge in [0.25, 0.3) is 0 Å². The molecule has 0 unspecified atom stereocenters. The Morgan fingerprint density at radius 2 is 1.86 bits per heavy atom. The predicted octanol–water partition coefficient (Wildman–Crippen LogP) is -1.07. The number of sulfonamides is 1. The molecule has 10 heteroatoms. The molecule has 1 aliphatic rings. The lowest BCUT2D eigenvalue weighted by Gasteiger charge is -2.28. The molecular formula is C12H17FN2O5S2. The van der Waals surface area contributed by atoms with Crippen LogP contribution in [-0.4, -0.2) is 63.0 Å². The molecule has 0 spiro atoms. The standard InChI is InChI=1S/C12H17FN2O5S2/c13-9-1-3-10(4-2-9)22(19,20)15(6-5-14)11-7-21(17,18)8-12(11)16/h1-4,11-12,16H,5-8,14H2/t11-,12+/m0/s1. The van der Waals surface area contributed by atoms with E-state index in [0.717, 1.165) is 28.6 Å². The van der Waals surface area contributed by atoms with E-state index in [1.807, 2.05) is 0 Å². The van der Waals surface area contributed by atoms with Crippen LogP contribution < -0.4 is 5.73 Å². The molecule has 1 aromatic carbocycles. The Kier molecular flexibility index (Phi) is 4.87. The highest BCUT2D eigenvalue weighted by molar-refractivity contribution is 7.92. The third-order valence-corrected chi connectivity index (χ3v) is 7.07. The quantitative estimate of drug-likeness (QED) is 0.697. The molecule has 0 amide bonds. The third kappa shape index (κ3) is 3.46. The van der Waals surface area contributed by atoms with Crippen molar-refractivity contribution in [3.8, 4) is 0 Å². The minimum Gasteiger partial charge on any atom is -0.390 e. The molecule has 1 heterocycles. The lowest BCUT2D eigenvalue weighted by molar-refractivity contribution is 0.129. The van der Waals surface area contributed by atoms with Crippen LogP contribution in [0.15, 0.2) is 29.2 Å². The Morgan fingerprint density at radius 1 is 1.27 bits per heavy atom. The third-order valence-electron chi connectivity index (χ3n) is 3.43. The molecule has 1 aromatic rings. The minimum atomic E-state index is -4.08. The van der Waals surface area contributed by atoms with E-state index in [9.17, 15) is 26.3 Å². The van der Waals surface area contributed by atoms with E-state index >= 15 is 0 Å². The van der Waals surface area contributed by atoms with Crippen LogP contribution in [0.2, 0.25) is 0 Å². The summed E-state index contributed by atoms with van der Waals surface area (Å²) >= 11 is 0. The van der Waals surface area contributed by atoms with E-state index in [0.29, 0.717) is 0 Å². The van der Waals surface area contributed by atoms with Crippen molar-refractivity contribution in [2.45, 2.75) is 17.0 Å². The van der Waals surface area contributed by atoms with Crippen molar-refractivity contribution >= 4 is 19.9 Å². The number of benzene rings is 1. The highest BCUT2D eigenvalue weighted by Gasteiger charge is 2.44. The summed E-state index contributed by atoms with van der Waals surface area (Å²) in [5.74, 6) is -1.54. The first-order chi connectivity index (χ1) is 10.2. The molecule has 124 valence electrons. The van der Waals surface area contributed by atoms with E-state index in [4.69, 9.17) is 5.73 Å². The first kappa shape index (κ1) is 17.3. The Labute approximate surface area is 128 Å². The van der Waals surface area contributed by atoms with Crippen LogP contribution in [0.5, 0.6) is 0 Å². The maximum absolute atomic E-state index is 12.9. The van der Waals surface area contributed by atoms with Gasteiger partial charge >= 0.3 is 0 Å². The number of aliphatic hydroxyl groups excluding tert-OH is 1. The van der Waals surface area contributed by atoms with Gasteiger partial charge in [-0.15, -0.1) is 0 Å². The monoisotopic (exact) mass is 352 g/mol. The van der Waals surface area contributed by atoms with E-state index in [1.54, 1.807) is 0 Å². The summed E-state index contributed by atoms with van der Waals surface area (Å²) in [6.45, 7) is -0.180. The molecule has 22 heavy (non-hydrogen) atoms. The van der Waals surface area contributed by atoms with Crippen LogP contribution in [0.25, 0.3) is 0 Å². The molecule has 1 saturated heterocycles. The van der Waals surface area contributed by atoms with Gasteiger partial charge in [-0.2, -0.15) is 4.31 Å². The van der Waals surface area contributed by atoms with Gasteiger partial charge in [0.1, 0.15) is 5.82 Å². The van der Waals surface area contributed by atoms with E-state index in [1.165, 1.54) is 0 Å². The normalized spacial score (nSPS) is 24.7. The van der Waals surface area contributed by atoms with Crippen molar-refractivity contribution in [2.24, 2.45) is 5.73 Å². The van der Waals surface area contributed by atoms with Crippen molar-refractivity contribution in [3.63, 3.8) is 0 Å². The smallest absolute Gasteiger partial charge is 0.243 e. The highest BCUT2D eigenvalue weighted by Crippen LogP contribution is 2.25. The number of rotatable bonds is 5. The minimum absolute atomic E-state index is 0.0380. The van der Waals surface area contributed by atoms with Gasteiger partial charge in [-0.1, -0.05) is 0 Å². The average Bonchev–Trinajstić information content (AvgIpc) is 2.69. The van der Waals surface area contributed by atoms with Crippen molar-refractivity contribution in [1.82, 2.24) is 4.31 Å². The lowest BCUT2D eigenvalue weighted by Crippen LogP contribution is -2.48. The Hall–Kier alpha value is -1.07. The topological polar surface area (TPSA) is 118 Å². The molecule has 0 bridgehead atoms. The summed E-state index contributed by atoms with van der Waals surface area (Å²) < 4.78 is 62.3. The molecule has 0 saturated carbocycles. The number of sulfone groups is 1. The van der Waals surface area contributed by atoms with Gasteiger partial charge in [-0.25, -0.2) is 21.2 Å². The zero-order chi connectivity index (χ0) is 16.5. The number of nitrogens with zero attached hydrogens (tertiary/aromatic N) is 1. The van der Waals surface area contributed by atoms with E-state index in [2.05, 4.69) is 0 Å². The fraction of sp³-hybridized carbons (Fsp3) is 0.500.